The molecule has 0 radical (unpaired) electrons. The molecule has 0 bridgehead atoms. The maximum Gasteiger partial charge on any atom is 0.264 e. The first-order valence-electron chi connectivity index (χ1n) is 10.7. The van der Waals surface area contributed by atoms with Crippen LogP contribution in [0, 0.1) is 5.92 Å². The Morgan fingerprint density at radius 1 is 1.16 bits per heavy atom. The van der Waals surface area contributed by atoms with Crippen molar-refractivity contribution in [3.63, 3.8) is 0 Å². The lowest BCUT2D eigenvalue weighted by Gasteiger charge is -2.47. The number of nitrogens with one attached hydrogen (secondary N) is 1. The average Bonchev–Trinajstić information content (AvgIpc) is 2.76. The van der Waals surface area contributed by atoms with Gasteiger partial charge in [0.2, 0.25) is 0 Å². The predicted molar refractivity (Wildman–Crippen MR) is 124 cm³/mol. The number of carbonyl (C=O) groups excluding carboxylic acids is 1. The Balaban J connectivity index is 1.45. The zero-order valence-corrected chi connectivity index (χ0v) is 19.0. The summed E-state index contributed by atoms with van der Waals surface area (Å²) in [5.74, 6) is 0.230. The van der Waals surface area contributed by atoms with Crippen molar-refractivity contribution in [1.29, 1.82) is 0 Å². The van der Waals surface area contributed by atoms with E-state index in [-0.39, 0.29) is 10.8 Å². The van der Waals surface area contributed by atoms with Crippen LogP contribution in [-0.2, 0) is 10.0 Å². The van der Waals surface area contributed by atoms with Gasteiger partial charge in [-0.15, -0.1) is 0 Å². The molecule has 1 fully saturated rings. The lowest BCUT2D eigenvalue weighted by molar-refractivity contribution is -0.0936. The zero-order valence-electron chi connectivity index (χ0n) is 18.2. The molecule has 2 N–H and O–H groups in total. The number of fused-ring (bicyclic) bond motifs is 1. The van der Waals surface area contributed by atoms with Crippen molar-refractivity contribution in [2.45, 2.75) is 37.2 Å². The first-order valence-corrected chi connectivity index (χ1v) is 12.2. The molecule has 1 aromatic heterocycles. The topological polar surface area (TPSA) is 99.6 Å². The van der Waals surface area contributed by atoms with Crippen molar-refractivity contribution >= 4 is 32.5 Å². The molecule has 1 amide bonds. The van der Waals surface area contributed by atoms with Gasteiger partial charge in [0.1, 0.15) is 4.90 Å². The molecule has 0 spiro atoms. The molecular formula is C24H27N3O4S. The highest BCUT2D eigenvalue weighted by molar-refractivity contribution is 7.93. The molecule has 2 heterocycles. The molecule has 32 heavy (non-hydrogen) atoms. The average molecular weight is 454 g/mol. The minimum absolute atomic E-state index is 0.0944. The van der Waals surface area contributed by atoms with Gasteiger partial charge in [0.25, 0.3) is 15.9 Å². The summed E-state index contributed by atoms with van der Waals surface area (Å²) >= 11 is 0. The largest absolute Gasteiger partial charge is 0.386 e. The third kappa shape index (κ3) is 4.47. The van der Waals surface area contributed by atoms with Crippen molar-refractivity contribution < 1.29 is 18.3 Å². The highest BCUT2D eigenvalue weighted by Crippen LogP contribution is 2.30. The van der Waals surface area contributed by atoms with Crippen LogP contribution in [0.1, 0.15) is 37.0 Å². The molecule has 1 unspecified atom stereocenters. The minimum Gasteiger partial charge on any atom is -0.386 e. The van der Waals surface area contributed by atoms with Gasteiger partial charge in [0.05, 0.1) is 24.2 Å². The molecule has 1 saturated heterocycles. The summed E-state index contributed by atoms with van der Waals surface area (Å²) in [4.78, 5) is 18.6. The van der Waals surface area contributed by atoms with E-state index in [0.29, 0.717) is 42.2 Å². The van der Waals surface area contributed by atoms with Crippen molar-refractivity contribution in [1.82, 2.24) is 9.88 Å². The van der Waals surface area contributed by atoms with E-state index in [1.165, 1.54) is 6.07 Å². The number of para-hydroxylation sites is 1. The second-order valence-electron chi connectivity index (χ2n) is 8.62. The van der Waals surface area contributed by atoms with Crippen molar-refractivity contribution in [2.24, 2.45) is 5.92 Å². The number of anilines is 1. The molecule has 8 heteroatoms. The Hall–Kier alpha value is -2.97. The zero-order chi connectivity index (χ0) is 22.9. The molecule has 7 nitrogen and oxygen atoms in total. The molecule has 0 saturated carbocycles. The van der Waals surface area contributed by atoms with Gasteiger partial charge in [-0.2, -0.15) is 0 Å². The fourth-order valence-corrected chi connectivity index (χ4v) is 5.34. The standard InChI is InChI=1S/C24H27N3O4S/c1-3-17(2)14-24(29)15-27(16-24)23(28)19-9-11-20(12-10-19)26-32(30,31)21-8-4-6-18-7-5-13-25-22(18)21/h4-13,17,26,29H,3,14-16H2,1-2H3. The van der Waals surface area contributed by atoms with E-state index < -0.39 is 15.6 Å². The highest BCUT2D eigenvalue weighted by atomic mass is 32.2. The van der Waals surface area contributed by atoms with E-state index in [1.807, 2.05) is 12.1 Å². The number of aromatic nitrogens is 1. The Kier molecular flexibility index (Phi) is 5.92. The van der Waals surface area contributed by atoms with Crippen molar-refractivity contribution in [2.75, 3.05) is 17.8 Å². The highest BCUT2D eigenvalue weighted by Gasteiger charge is 2.44. The number of benzene rings is 2. The van der Waals surface area contributed by atoms with Gasteiger partial charge in [0, 0.05) is 22.8 Å². The van der Waals surface area contributed by atoms with E-state index >= 15 is 0 Å². The summed E-state index contributed by atoms with van der Waals surface area (Å²) < 4.78 is 28.4. The van der Waals surface area contributed by atoms with Crippen molar-refractivity contribution in [3.05, 3.63) is 66.4 Å². The van der Waals surface area contributed by atoms with Crippen LogP contribution in [0.3, 0.4) is 0 Å². The fourth-order valence-electron chi connectivity index (χ4n) is 4.10. The van der Waals surface area contributed by atoms with Gasteiger partial charge in [-0.3, -0.25) is 14.5 Å². The number of pyridine rings is 1. The normalized spacial score (nSPS) is 16.4. The molecule has 2 aromatic carbocycles. The Labute approximate surface area is 188 Å². The maximum absolute atomic E-state index is 12.9. The maximum atomic E-state index is 12.9. The van der Waals surface area contributed by atoms with Crippen LogP contribution in [0.5, 0.6) is 0 Å². The van der Waals surface area contributed by atoms with Crippen LogP contribution in [-0.4, -0.2) is 48.0 Å². The third-order valence-corrected chi connectivity index (χ3v) is 7.37. The van der Waals surface area contributed by atoms with E-state index in [2.05, 4.69) is 23.6 Å². The second-order valence-corrected chi connectivity index (χ2v) is 10.3. The van der Waals surface area contributed by atoms with E-state index in [9.17, 15) is 18.3 Å². The molecule has 1 aliphatic rings. The van der Waals surface area contributed by atoms with E-state index in [4.69, 9.17) is 0 Å². The number of β-amino-alcohol motifs (C(OH)–C–C–N with tert-alkyl or cyclic N) is 1. The molecule has 3 aromatic rings. The number of likely N-dealkylation sites (tertiary alicyclic amines) is 1. The van der Waals surface area contributed by atoms with E-state index in [1.54, 1.807) is 47.5 Å². The molecule has 1 atom stereocenters. The van der Waals surface area contributed by atoms with Crippen LogP contribution in [0.4, 0.5) is 5.69 Å². The van der Waals surface area contributed by atoms with Gasteiger partial charge in [-0.25, -0.2) is 8.42 Å². The predicted octanol–water partition coefficient (Wildman–Crippen LogP) is 3.66. The quantitative estimate of drug-likeness (QED) is 0.569. The Bertz CT molecular complexity index is 1230. The lowest BCUT2D eigenvalue weighted by Crippen LogP contribution is -2.63. The second kappa shape index (κ2) is 8.52. The summed E-state index contributed by atoms with van der Waals surface area (Å²) in [5, 5.41) is 11.3. The van der Waals surface area contributed by atoms with Crippen LogP contribution >= 0.6 is 0 Å². The first-order chi connectivity index (χ1) is 15.2. The summed E-state index contributed by atoms with van der Waals surface area (Å²) in [7, 11) is -3.85. The third-order valence-electron chi connectivity index (χ3n) is 5.95. The molecule has 4 rings (SSSR count). The van der Waals surface area contributed by atoms with Crippen molar-refractivity contribution in [3.8, 4) is 0 Å². The number of sulfonamides is 1. The smallest absolute Gasteiger partial charge is 0.264 e. The number of hydrogen-bond acceptors (Lipinski definition) is 5. The number of aliphatic hydroxyl groups is 1. The van der Waals surface area contributed by atoms with E-state index in [0.717, 1.165) is 11.8 Å². The number of nitrogens with zero attached hydrogens (tertiary/aromatic N) is 2. The Morgan fingerprint density at radius 2 is 1.84 bits per heavy atom. The van der Waals surface area contributed by atoms with Crippen LogP contribution in [0.15, 0.2) is 65.7 Å². The minimum atomic E-state index is -3.85. The van der Waals surface area contributed by atoms with Gasteiger partial charge in [0.15, 0.2) is 0 Å². The monoisotopic (exact) mass is 453 g/mol. The molecule has 0 aliphatic carbocycles. The van der Waals surface area contributed by atoms with Crippen LogP contribution in [0.2, 0.25) is 0 Å². The summed E-state index contributed by atoms with van der Waals surface area (Å²) in [6.07, 6.45) is 3.22. The number of amides is 1. The Morgan fingerprint density at radius 3 is 2.53 bits per heavy atom. The summed E-state index contributed by atoms with van der Waals surface area (Å²) in [6, 6.07) is 14.9. The SMILES string of the molecule is CCC(C)CC1(O)CN(C(=O)c2ccc(NS(=O)(=O)c3cccc4cccnc34)cc2)C1. The number of carbonyl (C=O) groups is 1. The molecule has 1 aliphatic heterocycles. The lowest BCUT2D eigenvalue weighted by atomic mass is 9.83. The molecule has 168 valence electrons. The number of rotatable bonds is 7. The molecular weight excluding hydrogens is 426 g/mol. The van der Waals surface area contributed by atoms with Crippen LogP contribution < -0.4 is 4.72 Å². The number of hydrogen-bond donors (Lipinski definition) is 2. The van der Waals surface area contributed by atoms with Crippen LogP contribution in [0.25, 0.3) is 10.9 Å². The fraction of sp³-hybridized carbons (Fsp3) is 0.333. The van der Waals surface area contributed by atoms with Gasteiger partial charge in [-0.05, 0) is 48.7 Å². The summed E-state index contributed by atoms with van der Waals surface area (Å²) in [5.41, 5.74) is 0.390. The first kappa shape index (κ1) is 22.2. The van der Waals surface area contributed by atoms with Gasteiger partial charge < -0.3 is 10.0 Å². The summed E-state index contributed by atoms with van der Waals surface area (Å²) in [6.45, 7) is 4.82. The van der Waals surface area contributed by atoms with Gasteiger partial charge in [-0.1, -0.05) is 38.5 Å². The van der Waals surface area contributed by atoms with Gasteiger partial charge >= 0.3 is 0 Å².